The largest absolute Gasteiger partial charge is 0.486 e. The summed E-state index contributed by atoms with van der Waals surface area (Å²) in [5.74, 6) is 2.47. The highest BCUT2D eigenvalue weighted by Gasteiger charge is 2.27. The van der Waals surface area contributed by atoms with E-state index < -0.39 is 0 Å². The lowest BCUT2D eigenvalue weighted by atomic mass is 9.96. The molecule has 1 aromatic carbocycles. The van der Waals surface area contributed by atoms with Crippen molar-refractivity contribution in [3.63, 3.8) is 0 Å². The predicted molar refractivity (Wildman–Crippen MR) is 111 cm³/mol. The number of likely N-dealkylation sites (tertiary alicyclic amines) is 1. The van der Waals surface area contributed by atoms with Crippen LogP contribution in [0.4, 0.5) is 0 Å². The first-order valence-corrected chi connectivity index (χ1v) is 10.8. The quantitative estimate of drug-likeness (QED) is 0.633. The van der Waals surface area contributed by atoms with Gasteiger partial charge in [0.15, 0.2) is 11.5 Å². The van der Waals surface area contributed by atoms with Gasteiger partial charge < -0.3 is 14.4 Å². The van der Waals surface area contributed by atoms with Gasteiger partial charge in [0.25, 0.3) is 0 Å². The number of nitrogens with zero attached hydrogens (tertiary/aromatic N) is 2. The highest BCUT2D eigenvalue weighted by atomic mass is 79.9. The van der Waals surface area contributed by atoms with Crippen LogP contribution in [0.3, 0.4) is 0 Å². The van der Waals surface area contributed by atoms with E-state index in [0.29, 0.717) is 6.61 Å². The van der Waals surface area contributed by atoms with Gasteiger partial charge in [-0.2, -0.15) is 0 Å². The normalized spacial score (nSPS) is 23.8. The highest BCUT2D eigenvalue weighted by molar-refractivity contribution is 9.12. The monoisotopic (exact) mass is 482 g/mol. The molecule has 26 heavy (non-hydrogen) atoms. The van der Waals surface area contributed by atoms with Crippen LogP contribution in [-0.4, -0.2) is 55.2 Å². The second-order valence-electron chi connectivity index (χ2n) is 7.26. The van der Waals surface area contributed by atoms with Crippen molar-refractivity contribution in [2.45, 2.75) is 18.9 Å². The van der Waals surface area contributed by atoms with E-state index in [1.54, 1.807) is 0 Å². The van der Waals surface area contributed by atoms with Gasteiger partial charge in [0, 0.05) is 34.8 Å². The van der Waals surface area contributed by atoms with Crippen LogP contribution >= 0.6 is 31.9 Å². The van der Waals surface area contributed by atoms with Crippen molar-refractivity contribution in [2.24, 2.45) is 5.92 Å². The number of fused-ring (bicyclic) bond motifs is 1. The van der Waals surface area contributed by atoms with Gasteiger partial charge in [-0.3, -0.25) is 4.90 Å². The van der Waals surface area contributed by atoms with Crippen molar-refractivity contribution in [1.29, 1.82) is 0 Å². The molecule has 0 saturated carbocycles. The first-order valence-electron chi connectivity index (χ1n) is 9.25. The molecule has 4 nitrogen and oxygen atoms in total. The molecule has 1 saturated heterocycles. The minimum atomic E-state index is 0.111. The lowest BCUT2D eigenvalue weighted by Crippen LogP contribution is -2.45. The van der Waals surface area contributed by atoms with Gasteiger partial charge in [0.05, 0.1) is 0 Å². The summed E-state index contributed by atoms with van der Waals surface area (Å²) < 4.78 is 14.2. The third-order valence-electron chi connectivity index (χ3n) is 5.21. The lowest BCUT2D eigenvalue weighted by molar-refractivity contribution is 0.0461. The van der Waals surface area contributed by atoms with Crippen molar-refractivity contribution in [2.75, 3.05) is 39.3 Å². The molecule has 0 spiro atoms. The first-order chi connectivity index (χ1) is 12.7. The summed E-state index contributed by atoms with van der Waals surface area (Å²) in [5, 5.41) is 0. The molecule has 3 heterocycles. The van der Waals surface area contributed by atoms with Crippen LogP contribution in [0.2, 0.25) is 0 Å². The number of hydrogen-bond acceptors (Lipinski definition) is 4. The minimum Gasteiger partial charge on any atom is -0.486 e. The summed E-state index contributed by atoms with van der Waals surface area (Å²) in [7, 11) is 0. The highest BCUT2D eigenvalue weighted by Crippen LogP contribution is 2.34. The Bertz CT molecular complexity index is 699. The predicted octanol–water partition coefficient (Wildman–Crippen LogP) is 4.41. The van der Waals surface area contributed by atoms with Gasteiger partial charge in [-0.25, -0.2) is 0 Å². The zero-order chi connectivity index (χ0) is 17.9. The number of hydrogen-bond donors (Lipinski definition) is 0. The Kier molecular flexibility index (Phi) is 5.91. The van der Waals surface area contributed by atoms with E-state index in [2.05, 4.69) is 60.0 Å². The summed E-state index contributed by atoms with van der Waals surface area (Å²) in [6, 6.07) is 5.94. The number of allylic oxidation sites excluding steroid dienone is 2. The molecule has 0 aliphatic carbocycles. The summed E-state index contributed by atoms with van der Waals surface area (Å²) in [4.78, 5) is 4.94. The fraction of sp³-hybridized carbons (Fsp3) is 0.500. The SMILES string of the molecule is BrC1=CN(CC2CCN(CC3COc4ccc(Br)cc4O3)CC2)CC=C1. The summed E-state index contributed by atoms with van der Waals surface area (Å²) in [5.41, 5.74) is 0. The summed E-state index contributed by atoms with van der Waals surface area (Å²) in [6.07, 6.45) is 9.18. The molecule has 140 valence electrons. The summed E-state index contributed by atoms with van der Waals surface area (Å²) in [6.45, 7) is 6.04. The molecule has 0 radical (unpaired) electrons. The van der Waals surface area contributed by atoms with Crippen molar-refractivity contribution in [3.05, 3.63) is 45.5 Å². The average Bonchev–Trinajstić information content (AvgIpc) is 2.63. The number of ether oxygens (including phenoxy) is 2. The van der Waals surface area contributed by atoms with Crippen molar-refractivity contribution >= 4 is 31.9 Å². The van der Waals surface area contributed by atoms with E-state index >= 15 is 0 Å². The molecule has 3 aliphatic heterocycles. The number of piperidine rings is 1. The Balaban J connectivity index is 1.24. The fourth-order valence-electron chi connectivity index (χ4n) is 3.85. The zero-order valence-electron chi connectivity index (χ0n) is 14.7. The van der Waals surface area contributed by atoms with E-state index in [9.17, 15) is 0 Å². The molecular weight excluding hydrogens is 460 g/mol. The molecule has 6 heteroatoms. The van der Waals surface area contributed by atoms with Crippen LogP contribution < -0.4 is 9.47 Å². The standard InChI is InChI=1S/C20H24Br2N2O2/c21-16-3-4-19-20(10-16)26-18(14-25-19)13-23-8-5-15(6-9-23)11-24-7-1-2-17(22)12-24/h1-4,10,12,15,18H,5-9,11,13-14H2. The van der Waals surface area contributed by atoms with Gasteiger partial charge in [-0.05, 0) is 72.1 Å². The van der Waals surface area contributed by atoms with E-state index in [1.807, 2.05) is 18.2 Å². The molecule has 1 aromatic rings. The Labute approximate surface area is 172 Å². The van der Waals surface area contributed by atoms with Crippen molar-refractivity contribution < 1.29 is 9.47 Å². The van der Waals surface area contributed by atoms with E-state index in [-0.39, 0.29) is 6.10 Å². The number of halogens is 2. The molecule has 0 aromatic heterocycles. The molecular formula is C20H24Br2N2O2. The molecule has 1 fully saturated rings. The van der Waals surface area contributed by atoms with Crippen LogP contribution in [0.1, 0.15) is 12.8 Å². The molecule has 0 amide bonds. The molecule has 0 bridgehead atoms. The smallest absolute Gasteiger partial charge is 0.162 e. The molecule has 1 atom stereocenters. The van der Waals surface area contributed by atoms with Gasteiger partial charge in [-0.15, -0.1) is 0 Å². The van der Waals surface area contributed by atoms with Gasteiger partial charge in [0.1, 0.15) is 12.7 Å². The second-order valence-corrected chi connectivity index (χ2v) is 9.09. The van der Waals surface area contributed by atoms with Gasteiger partial charge >= 0.3 is 0 Å². The third-order valence-corrected chi connectivity index (χ3v) is 6.17. The summed E-state index contributed by atoms with van der Waals surface area (Å²) >= 11 is 7.07. The Morgan fingerprint density at radius 3 is 2.73 bits per heavy atom. The Morgan fingerprint density at radius 2 is 1.92 bits per heavy atom. The van der Waals surface area contributed by atoms with E-state index in [1.165, 1.54) is 17.3 Å². The maximum Gasteiger partial charge on any atom is 0.162 e. The van der Waals surface area contributed by atoms with E-state index in [4.69, 9.17) is 9.47 Å². The van der Waals surface area contributed by atoms with Crippen molar-refractivity contribution in [1.82, 2.24) is 9.80 Å². The van der Waals surface area contributed by atoms with Crippen LogP contribution in [0.15, 0.2) is 45.5 Å². The second kappa shape index (κ2) is 8.36. The van der Waals surface area contributed by atoms with Crippen molar-refractivity contribution in [3.8, 4) is 11.5 Å². The van der Waals surface area contributed by atoms with Crippen LogP contribution in [0, 0.1) is 5.92 Å². The molecule has 4 rings (SSSR count). The van der Waals surface area contributed by atoms with Gasteiger partial charge in [-0.1, -0.05) is 22.0 Å². The van der Waals surface area contributed by atoms with E-state index in [0.717, 1.165) is 54.6 Å². The topological polar surface area (TPSA) is 24.9 Å². The van der Waals surface area contributed by atoms with Crippen LogP contribution in [0.5, 0.6) is 11.5 Å². The fourth-order valence-corrected chi connectivity index (χ4v) is 4.67. The molecule has 1 unspecified atom stereocenters. The minimum absolute atomic E-state index is 0.111. The first kappa shape index (κ1) is 18.4. The number of benzene rings is 1. The zero-order valence-corrected chi connectivity index (χ0v) is 17.9. The maximum atomic E-state index is 6.15. The molecule has 0 N–H and O–H groups in total. The Morgan fingerprint density at radius 1 is 1.08 bits per heavy atom. The molecule has 3 aliphatic rings. The maximum absolute atomic E-state index is 6.15. The average molecular weight is 484 g/mol. The van der Waals surface area contributed by atoms with Crippen LogP contribution in [0.25, 0.3) is 0 Å². The number of rotatable bonds is 4. The Hall–Kier alpha value is -0.980. The lowest BCUT2D eigenvalue weighted by Gasteiger charge is -2.37. The third kappa shape index (κ3) is 4.65. The van der Waals surface area contributed by atoms with Crippen LogP contribution in [-0.2, 0) is 0 Å². The van der Waals surface area contributed by atoms with Gasteiger partial charge in [0.2, 0.25) is 0 Å².